The maximum atomic E-state index is 10.8. The first-order valence-corrected chi connectivity index (χ1v) is 5.35. The largest absolute Gasteiger partial charge is 0.476 e. The molecule has 0 amide bonds. The summed E-state index contributed by atoms with van der Waals surface area (Å²) in [7, 11) is 0. The molecule has 2 heterocycles. The number of fused-ring (bicyclic) bond motifs is 1. The van der Waals surface area contributed by atoms with Crippen LogP contribution in [0.4, 0.5) is 0 Å². The van der Waals surface area contributed by atoms with E-state index in [-0.39, 0.29) is 5.69 Å². The highest BCUT2D eigenvalue weighted by Gasteiger charge is 2.47. The second kappa shape index (κ2) is 3.05. The summed E-state index contributed by atoms with van der Waals surface area (Å²) >= 11 is 0. The maximum absolute atomic E-state index is 10.8. The average molecular weight is 223 g/mol. The first kappa shape index (κ1) is 9.80. The van der Waals surface area contributed by atoms with Crippen LogP contribution in [0.2, 0.25) is 0 Å². The van der Waals surface area contributed by atoms with Gasteiger partial charge >= 0.3 is 5.97 Å². The van der Waals surface area contributed by atoms with Crippen molar-refractivity contribution in [3.63, 3.8) is 0 Å². The zero-order chi connectivity index (χ0) is 11.3. The zero-order valence-electron chi connectivity index (χ0n) is 8.76. The van der Waals surface area contributed by atoms with Crippen LogP contribution in [0.5, 0.6) is 0 Å². The van der Waals surface area contributed by atoms with Gasteiger partial charge in [0.15, 0.2) is 5.69 Å². The van der Waals surface area contributed by atoms with Crippen LogP contribution in [0.3, 0.4) is 0 Å². The van der Waals surface area contributed by atoms with Crippen LogP contribution in [0, 0.1) is 0 Å². The third kappa shape index (κ3) is 1.42. The lowest BCUT2D eigenvalue weighted by Crippen LogP contribution is -2.42. The van der Waals surface area contributed by atoms with Gasteiger partial charge in [-0.15, -0.1) is 0 Å². The molecule has 0 radical (unpaired) electrons. The van der Waals surface area contributed by atoms with E-state index in [2.05, 4.69) is 4.98 Å². The Kier molecular flexibility index (Phi) is 1.87. The second-order valence-electron chi connectivity index (χ2n) is 4.44. The number of rotatable bonds is 2. The summed E-state index contributed by atoms with van der Waals surface area (Å²) < 4.78 is 1.85. The lowest BCUT2D eigenvalue weighted by atomic mass is 10.3. The van der Waals surface area contributed by atoms with Crippen LogP contribution < -0.4 is 0 Å². The van der Waals surface area contributed by atoms with E-state index in [0.717, 1.165) is 25.2 Å². The number of hydrogen-bond donors (Lipinski definition) is 2. The highest BCUT2D eigenvalue weighted by molar-refractivity contribution is 5.85. The van der Waals surface area contributed by atoms with E-state index < -0.39 is 11.7 Å². The molecule has 3 rings (SSSR count). The summed E-state index contributed by atoms with van der Waals surface area (Å²) in [4.78, 5) is 16.8. The topological polar surface area (TPSA) is 78.6 Å². The van der Waals surface area contributed by atoms with E-state index in [1.54, 1.807) is 6.20 Å². The molecule has 1 aromatic rings. The standard InChI is InChI=1S/C10H13N3O3/c14-9(15)7-5-12-3-4-13(6-8(12)11-7)10(16)1-2-10/h5,16H,1-4,6H2,(H,14,15). The van der Waals surface area contributed by atoms with Gasteiger partial charge in [0.1, 0.15) is 11.5 Å². The normalized spacial score (nSPS) is 22.8. The Labute approximate surface area is 92.1 Å². The summed E-state index contributed by atoms with van der Waals surface area (Å²) in [6, 6.07) is 0. The highest BCUT2D eigenvalue weighted by Crippen LogP contribution is 2.40. The number of aromatic carboxylic acids is 1. The molecular formula is C10H13N3O3. The van der Waals surface area contributed by atoms with Crippen molar-refractivity contribution < 1.29 is 15.0 Å². The molecule has 1 aromatic heterocycles. The van der Waals surface area contributed by atoms with Gasteiger partial charge in [-0.1, -0.05) is 0 Å². The Hall–Kier alpha value is -1.40. The first-order valence-electron chi connectivity index (χ1n) is 5.35. The monoisotopic (exact) mass is 223 g/mol. The van der Waals surface area contributed by atoms with Gasteiger partial charge in [0.2, 0.25) is 0 Å². The van der Waals surface area contributed by atoms with Gasteiger partial charge < -0.3 is 14.8 Å². The number of aliphatic hydroxyl groups is 1. The van der Waals surface area contributed by atoms with E-state index in [1.807, 2.05) is 9.47 Å². The lowest BCUT2D eigenvalue weighted by molar-refractivity contribution is -0.0386. The smallest absolute Gasteiger partial charge is 0.356 e. The van der Waals surface area contributed by atoms with Crippen molar-refractivity contribution in [2.45, 2.75) is 31.7 Å². The van der Waals surface area contributed by atoms with Crippen LogP contribution in [0.1, 0.15) is 29.2 Å². The number of imidazole rings is 1. The minimum atomic E-state index is -1.00. The van der Waals surface area contributed by atoms with Crippen molar-refractivity contribution >= 4 is 5.97 Å². The minimum Gasteiger partial charge on any atom is -0.476 e. The predicted octanol–water partition coefficient (Wildman–Crippen LogP) is -0.121. The predicted molar refractivity (Wildman–Crippen MR) is 53.8 cm³/mol. The molecule has 6 nitrogen and oxygen atoms in total. The third-order valence-electron chi connectivity index (χ3n) is 3.31. The summed E-state index contributed by atoms with van der Waals surface area (Å²) in [6.45, 7) is 1.97. The number of carboxylic acid groups (broad SMARTS) is 1. The van der Waals surface area contributed by atoms with Crippen molar-refractivity contribution in [2.24, 2.45) is 0 Å². The molecule has 0 aromatic carbocycles. The van der Waals surface area contributed by atoms with Crippen molar-refractivity contribution in [1.29, 1.82) is 0 Å². The van der Waals surface area contributed by atoms with Crippen molar-refractivity contribution in [3.8, 4) is 0 Å². The fraction of sp³-hybridized carbons (Fsp3) is 0.600. The zero-order valence-corrected chi connectivity index (χ0v) is 8.76. The lowest BCUT2D eigenvalue weighted by Gasteiger charge is -2.31. The summed E-state index contributed by atoms with van der Waals surface area (Å²) in [6.07, 6.45) is 3.17. The molecule has 16 heavy (non-hydrogen) atoms. The van der Waals surface area contributed by atoms with Crippen molar-refractivity contribution in [3.05, 3.63) is 17.7 Å². The fourth-order valence-corrected chi connectivity index (χ4v) is 2.14. The van der Waals surface area contributed by atoms with Crippen molar-refractivity contribution in [2.75, 3.05) is 6.54 Å². The Morgan fingerprint density at radius 3 is 2.81 bits per heavy atom. The molecule has 0 bridgehead atoms. The molecule has 0 atom stereocenters. The molecule has 1 fully saturated rings. The molecule has 1 saturated carbocycles. The molecule has 1 aliphatic carbocycles. The Morgan fingerprint density at radius 1 is 1.44 bits per heavy atom. The SMILES string of the molecule is O=C(O)c1cn2c(n1)CN(C1(O)CC1)CC2. The van der Waals surface area contributed by atoms with Crippen LogP contribution in [0.25, 0.3) is 0 Å². The van der Waals surface area contributed by atoms with E-state index in [4.69, 9.17) is 5.11 Å². The molecule has 0 saturated heterocycles. The fourth-order valence-electron chi connectivity index (χ4n) is 2.14. The van der Waals surface area contributed by atoms with Crippen LogP contribution in [-0.4, -0.2) is 42.9 Å². The van der Waals surface area contributed by atoms with Crippen molar-refractivity contribution in [1.82, 2.24) is 14.5 Å². The Bertz CT molecular complexity index is 450. The third-order valence-corrected chi connectivity index (χ3v) is 3.31. The molecule has 0 unspecified atom stereocenters. The number of carboxylic acids is 1. The van der Waals surface area contributed by atoms with E-state index in [9.17, 15) is 9.90 Å². The van der Waals surface area contributed by atoms with E-state index in [1.165, 1.54) is 0 Å². The highest BCUT2D eigenvalue weighted by atomic mass is 16.4. The minimum absolute atomic E-state index is 0.0830. The molecule has 86 valence electrons. The molecule has 6 heteroatoms. The van der Waals surface area contributed by atoms with Gasteiger partial charge in [0.05, 0.1) is 6.54 Å². The Morgan fingerprint density at radius 2 is 2.19 bits per heavy atom. The van der Waals surface area contributed by atoms with Gasteiger partial charge in [-0.05, 0) is 12.8 Å². The first-order chi connectivity index (χ1) is 7.58. The Balaban J connectivity index is 1.85. The quantitative estimate of drug-likeness (QED) is 0.730. The summed E-state index contributed by atoms with van der Waals surface area (Å²) in [5.74, 6) is -0.275. The number of carbonyl (C=O) groups is 1. The molecule has 1 aliphatic heterocycles. The number of hydrogen-bond acceptors (Lipinski definition) is 4. The van der Waals surface area contributed by atoms with Gasteiger partial charge in [0, 0.05) is 19.3 Å². The van der Waals surface area contributed by atoms with Crippen LogP contribution >= 0.6 is 0 Å². The number of aromatic nitrogens is 2. The van der Waals surface area contributed by atoms with E-state index >= 15 is 0 Å². The molecule has 2 aliphatic rings. The van der Waals surface area contributed by atoms with E-state index in [0.29, 0.717) is 13.1 Å². The molecular weight excluding hydrogens is 210 g/mol. The average Bonchev–Trinajstić information content (AvgIpc) is 2.86. The number of nitrogens with zero attached hydrogens (tertiary/aromatic N) is 3. The van der Waals surface area contributed by atoms with Gasteiger partial charge in [-0.3, -0.25) is 4.90 Å². The van der Waals surface area contributed by atoms with Crippen LogP contribution in [-0.2, 0) is 13.1 Å². The maximum Gasteiger partial charge on any atom is 0.356 e. The molecule has 2 N–H and O–H groups in total. The second-order valence-corrected chi connectivity index (χ2v) is 4.44. The summed E-state index contributed by atoms with van der Waals surface area (Å²) in [5, 5.41) is 18.8. The van der Waals surface area contributed by atoms with Gasteiger partial charge in [-0.25, -0.2) is 9.78 Å². The molecule has 0 spiro atoms. The van der Waals surface area contributed by atoms with Crippen LogP contribution in [0.15, 0.2) is 6.20 Å². The van der Waals surface area contributed by atoms with Gasteiger partial charge in [-0.2, -0.15) is 0 Å². The van der Waals surface area contributed by atoms with Gasteiger partial charge in [0.25, 0.3) is 0 Å². The summed E-state index contributed by atoms with van der Waals surface area (Å²) in [5.41, 5.74) is -0.569.